The molecule has 0 radical (unpaired) electrons. The summed E-state index contributed by atoms with van der Waals surface area (Å²) in [7, 11) is 1.70. The maximum Gasteiger partial charge on any atom is 0.258 e. The Morgan fingerprint density at radius 3 is 2.61 bits per heavy atom. The smallest absolute Gasteiger partial charge is 0.258 e. The zero-order valence-corrected chi connectivity index (χ0v) is 14.4. The molecule has 0 bridgehead atoms. The van der Waals surface area contributed by atoms with Gasteiger partial charge in [-0.1, -0.05) is 28.1 Å². The van der Waals surface area contributed by atoms with E-state index in [1.165, 1.54) is 19.1 Å². The largest absolute Gasteiger partial charge is 0.342 e. The lowest BCUT2D eigenvalue weighted by molar-refractivity contribution is -0.128. The molecule has 0 aromatic heterocycles. The first-order chi connectivity index (χ1) is 10.9. The second-order valence-corrected chi connectivity index (χ2v) is 6.07. The number of amides is 2. The Hall–Kier alpha value is -2.21. The molecule has 23 heavy (non-hydrogen) atoms. The van der Waals surface area contributed by atoms with Crippen LogP contribution < -0.4 is 5.32 Å². The van der Waals surface area contributed by atoms with E-state index < -0.39 is 11.7 Å². The summed E-state index contributed by atoms with van der Waals surface area (Å²) in [5.74, 6) is -1.16. The van der Waals surface area contributed by atoms with Crippen molar-refractivity contribution in [1.82, 2.24) is 4.90 Å². The highest BCUT2D eigenvalue weighted by Gasteiger charge is 2.12. The SMILES string of the molecule is CC(=O)N(C)Cc1cccc(NC(=O)c2ccc(Br)cc2F)c1. The molecule has 2 aromatic rings. The van der Waals surface area contributed by atoms with E-state index in [4.69, 9.17) is 0 Å². The van der Waals surface area contributed by atoms with Crippen LogP contribution in [0.1, 0.15) is 22.8 Å². The first-order valence-corrected chi connectivity index (χ1v) is 7.73. The molecule has 2 rings (SSSR count). The summed E-state index contributed by atoms with van der Waals surface area (Å²) in [6.45, 7) is 1.92. The number of nitrogens with one attached hydrogen (secondary N) is 1. The third-order valence-electron chi connectivity index (χ3n) is 3.32. The summed E-state index contributed by atoms with van der Waals surface area (Å²) >= 11 is 3.15. The number of hydrogen-bond donors (Lipinski definition) is 1. The fourth-order valence-electron chi connectivity index (χ4n) is 2.00. The standard InChI is InChI=1S/C17H16BrFN2O2/c1-11(22)21(2)10-12-4-3-5-14(8-12)20-17(23)15-7-6-13(18)9-16(15)19/h3-9H,10H2,1-2H3,(H,20,23). The molecule has 0 unspecified atom stereocenters. The van der Waals surface area contributed by atoms with Gasteiger partial charge in [-0.05, 0) is 35.9 Å². The lowest BCUT2D eigenvalue weighted by Gasteiger charge is -2.15. The second-order valence-electron chi connectivity index (χ2n) is 5.15. The van der Waals surface area contributed by atoms with Crippen LogP contribution >= 0.6 is 15.9 Å². The predicted molar refractivity (Wildman–Crippen MR) is 90.6 cm³/mol. The Balaban J connectivity index is 2.13. The molecular weight excluding hydrogens is 363 g/mol. The third kappa shape index (κ3) is 4.63. The average Bonchev–Trinajstić information content (AvgIpc) is 2.47. The minimum Gasteiger partial charge on any atom is -0.342 e. The number of carbonyl (C=O) groups is 2. The maximum atomic E-state index is 13.8. The van der Waals surface area contributed by atoms with E-state index in [1.54, 1.807) is 36.2 Å². The molecule has 0 aliphatic heterocycles. The Bertz CT molecular complexity index is 749. The van der Waals surface area contributed by atoms with Crippen molar-refractivity contribution in [3.05, 3.63) is 63.9 Å². The molecule has 0 aliphatic rings. The Labute approximate surface area is 142 Å². The van der Waals surface area contributed by atoms with Crippen molar-refractivity contribution in [3.8, 4) is 0 Å². The van der Waals surface area contributed by atoms with Gasteiger partial charge in [-0.25, -0.2) is 4.39 Å². The fourth-order valence-corrected chi connectivity index (χ4v) is 2.34. The van der Waals surface area contributed by atoms with Gasteiger partial charge in [-0.15, -0.1) is 0 Å². The highest BCUT2D eigenvalue weighted by atomic mass is 79.9. The van der Waals surface area contributed by atoms with Crippen molar-refractivity contribution >= 4 is 33.4 Å². The van der Waals surface area contributed by atoms with Crippen LogP contribution in [0.5, 0.6) is 0 Å². The van der Waals surface area contributed by atoms with Crippen LogP contribution in [0.25, 0.3) is 0 Å². The van der Waals surface area contributed by atoms with Crippen LogP contribution in [0.2, 0.25) is 0 Å². The first-order valence-electron chi connectivity index (χ1n) is 6.94. The van der Waals surface area contributed by atoms with Crippen molar-refractivity contribution in [3.63, 3.8) is 0 Å². The first kappa shape index (κ1) is 17.1. The Morgan fingerprint density at radius 2 is 1.96 bits per heavy atom. The molecule has 0 spiro atoms. The van der Waals surface area contributed by atoms with Gasteiger partial charge in [0.15, 0.2) is 0 Å². The summed E-state index contributed by atoms with van der Waals surface area (Å²) in [4.78, 5) is 25.0. The number of anilines is 1. The second kappa shape index (κ2) is 7.37. The molecule has 0 saturated heterocycles. The summed E-state index contributed by atoms with van der Waals surface area (Å²) in [6, 6.07) is 11.4. The van der Waals surface area contributed by atoms with Gasteiger partial charge < -0.3 is 10.2 Å². The number of carbonyl (C=O) groups excluding carboxylic acids is 2. The van der Waals surface area contributed by atoms with E-state index in [-0.39, 0.29) is 11.5 Å². The van der Waals surface area contributed by atoms with Crippen LogP contribution in [0.4, 0.5) is 10.1 Å². The number of rotatable bonds is 4. The summed E-state index contributed by atoms with van der Waals surface area (Å²) in [5.41, 5.74) is 1.39. The summed E-state index contributed by atoms with van der Waals surface area (Å²) in [5, 5.41) is 2.66. The van der Waals surface area contributed by atoms with Crippen LogP contribution in [-0.2, 0) is 11.3 Å². The van der Waals surface area contributed by atoms with E-state index in [0.29, 0.717) is 16.7 Å². The topological polar surface area (TPSA) is 49.4 Å². The van der Waals surface area contributed by atoms with Gasteiger partial charge >= 0.3 is 0 Å². The zero-order chi connectivity index (χ0) is 17.0. The van der Waals surface area contributed by atoms with Gasteiger partial charge in [-0.2, -0.15) is 0 Å². The maximum absolute atomic E-state index is 13.8. The number of benzene rings is 2. The molecule has 0 aliphatic carbocycles. The van der Waals surface area contributed by atoms with Gasteiger partial charge in [0.05, 0.1) is 5.56 Å². The van der Waals surface area contributed by atoms with Crippen molar-refractivity contribution < 1.29 is 14.0 Å². The Morgan fingerprint density at radius 1 is 1.22 bits per heavy atom. The molecule has 2 aromatic carbocycles. The van der Waals surface area contributed by atoms with Crippen LogP contribution in [0, 0.1) is 5.82 Å². The van der Waals surface area contributed by atoms with Gasteiger partial charge in [-0.3, -0.25) is 9.59 Å². The molecule has 0 saturated carbocycles. The molecule has 4 nitrogen and oxygen atoms in total. The minimum absolute atomic E-state index is 0.0283. The van der Waals surface area contributed by atoms with E-state index >= 15 is 0 Å². The van der Waals surface area contributed by atoms with Crippen molar-refractivity contribution in [2.24, 2.45) is 0 Å². The van der Waals surface area contributed by atoms with Crippen molar-refractivity contribution in [2.45, 2.75) is 13.5 Å². The number of halogens is 2. The zero-order valence-electron chi connectivity index (χ0n) is 12.8. The van der Waals surface area contributed by atoms with E-state index in [0.717, 1.165) is 5.56 Å². The predicted octanol–water partition coefficient (Wildman–Crippen LogP) is 3.82. The van der Waals surface area contributed by atoms with Crippen molar-refractivity contribution in [1.29, 1.82) is 0 Å². The third-order valence-corrected chi connectivity index (χ3v) is 3.81. The van der Waals surface area contributed by atoms with Gasteiger partial charge in [0.2, 0.25) is 5.91 Å². The fraction of sp³-hybridized carbons (Fsp3) is 0.176. The van der Waals surface area contributed by atoms with Crippen LogP contribution in [0.15, 0.2) is 46.9 Å². The van der Waals surface area contributed by atoms with Crippen molar-refractivity contribution in [2.75, 3.05) is 12.4 Å². The van der Waals surface area contributed by atoms with Gasteiger partial charge in [0, 0.05) is 30.7 Å². The number of nitrogens with zero attached hydrogens (tertiary/aromatic N) is 1. The highest BCUT2D eigenvalue weighted by molar-refractivity contribution is 9.10. The summed E-state index contributed by atoms with van der Waals surface area (Å²) < 4.78 is 14.4. The van der Waals surface area contributed by atoms with Gasteiger partial charge in [0.25, 0.3) is 5.91 Å². The lowest BCUT2D eigenvalue weighted by atomic mass is 10.1. The molecule has 0 atom stereocenters. The highest BCUT2D eigenvalue weighted by Crippen LogP contribution is 2.18. The quantitative estimate of drug-likeness (QED) is 0.878. The monoisotopic (exact) mass is 378 g/mol. The number of hydrogen-bond acceptors (Lipinski definition) is 2. The summed E-state index contributed by atoms with van der Waals surface area (Å²) in [6.07, 6.45) is 0. The normalized spacial score (nSPS) is 10.3. The molecule has 0 fully saturated rings. The molecular formula is C17H16BrFN2O2. The Kier molecular flexibility index (Phi) is 5.50. The molecule has 0 heterocycles. The van der Waals surface area contributed by atoms with Crippen LogP contribution in [0.3, 0.4) is 0 Å². The van der Waals surface area contributed by atoms with E-state index in [9.17, 15) is 14.0 Å². The molecule has 120 valence electrons. The minimum atomic E-state index is -0.593. The van der Waals surface area contributed by atoms with E-state index in [2.05, 4.69) is 21.2 Å². The lowest BCUT2D eigenvalue weighted by Crippen LogP contribution is -2.23. The average molecular weight is 379 g/mol. The molecule has 2 amide bonds. The van der Waals surface area contributed by atoms with E-state index in [1.807, 2.05) is 6.07 Å². The molecule has 6 heteroatoms. The molecule has 1 N–H and O–H groups in total. The van der Waals surface area contributed by atoms with Crippen LogP contribution in [-0.4, -0.2) is 23.8 Å². The van der Waals surface area contributed by atoms with Gasteiger partial charge in [0.1, 0.15) is 5.82 Å².